The molecule has 4 nitrogen and oxygen atoms in total. The van der Waals surface area contributed by atoms with Crippen LogP contribution in [-0.4, -0.2) is 49.8 Å². The van der Waals surface area contributed by atoms with Gasteiger partial charge in [-0.15, -0.1) is 0 Å². The molecule has 1 heterocycles. The molecule has 0 aromatic carbocycles. The molecule has 76 valence electrons. The van der Waals surface area contributed by atoms with Crippen molar-refractivity contribution in [2.75, 3.05) is 32.8 Å². The maximum atomic E-state index is 10.6. The van der Waals surface area contributed by atoms with Gasteiger partial charge in [0.1, 0.15) is 6.10 Å². The lowest BCUT2D eigenvalue weighted by Crippen LogP contribution is -2.41. The van der Waals surface area contributed by atoms with Gasteiger partial charge in [0.15, 0.2) is 0 Å². The summed E-state index contributed by atoms with van der Waals surface area (Å²) >= 11 is 0. The first-order valence-electron chi connectivity index (χ1n) is 4.66. The molecule has 0 radical (unpaired) electrons. The van der Waals surface area contributed by atoms with Crippen LogP contribution in [0, 0.1) is 0 Å². The van der Waals surface area contributed by atoms with Gasteiger partial charge >= 0.3 is 5.97 Å². The zero-order valence-electron chi connectivity index (χ0n) is 8.28. The zero-order chi connectivity index (χ0) is 9.68. The van der Waals surface area contributed by atoms with Crippen molar-refractivity contribution in [1.29, 1.82) is 0 Å². The van der Waals surface area contributed by atoms with Crippen molar-refractivity contribution >= 4 is 5.97 Å². The van der Waals surface area contributed by atoms with Crippen molar-refractivity contribution in [3.05, 3.63) is 0 Å². The molecular formula is C9H17NO3. The predicted molar refractivity (Wildman–Crippen MR) is 48.5 cm³/mol. The van der Waals surface area contributed by atoms with Gasteiger partial charge in [-0.1, -0.05) is 0 Å². The quantitative estimate of drug-likeness (QED) is 0.594. The summed E-state index contributed by atoms with van der Waals surface area (Å²) in [6, 6.07) is 0. The first kappa shape index (κ1) is 10.5. The Hall–Kier alpha value is -0.610. The van der Waals surface area contributed by atoms with Gasteiger partial charge in [0, 0.05) is 26.6 Å². The molecule has 1 atom stereocenters. The van der Waals surface area contributed by atoms with E-state index in [0.717, 1.165) is 32.8 Å². The molecule has 0 spiro atoms. The minimum absolute atomic E-state index is 0.0180. The number of morpholine rings is 1. The summed E-state index contributed by atoms with van der Waals surface area (Å²) in [6.45, 7) is 7.60. The van der Waals surface area contributed by atoms with E-state index in [1.165, 1.54) is 6.92 Å². The minimum atomic E-state index is -0.208. The standard InChI is InChI=1S/C9H17NO3/c1-8(13-9(2)11)7-10-3-5-12-6-4-10/h8H,3-7H2,1-2H3/t8-/m0/s1. The molecule has 4 heteroatoms. The Morgan fingerprint density at radius 2 is 2.15 bits per heavy atom. The predicted octanol–water partition coefficient (Wildman–Crippen LogP) is 0.270. The molecule has 0 aromatic rings. The topological polar surface area (TPSA) is 38.8 Å². The van der Waals surface area contributed by atoms with Gasteiger partial charge in [0.25, 0.3) is 0 Å². The Labute approximate surface area is 78.8 Å². The normalized spacial score (nSPS) is 21.1. The van der Waals surface area contributed by atoms with E-state index in [2.05, 4.69) is 4.90 Å². The van der Waals surface area contributed by atoms with Gasteiger partial charge in [-0.3, -0.25) is 9.69 Å². The van der Waals surface area contributed by atoms with Crippen molar-refractivity contribution in [3.8, 4) is 0 Å². The molecule has 0 saturated carbocycles. The van der Waals surface area contributed by atoms with Crippen molar-refractivity contribution in [2.45, 2.75) is 20.0 Å². The molecule has 1 aliphatic heterocycles. The SMILES string of the molecule is CC(=O)O[C@@H](C)CN1CCOCC1. The number of carbonyl (C=O) groups excluding carboxylic acids is 1. The maximum absolute atomic E-state index is 10.6. The van der Waals surface area contributed by atoms with E-state index >= 15 is 0 Å². The average Bonchev–Trinajstić information content (AvgIpc) is 2.04. The molecule has 13 heavy (non-hydrogen) atoms. The second-order valence-corrected chi connectivity index (χ2v) is 3.33. The lowest BCUT2D eigenvalue weighted by Gasteiger charge is -2.28. The second-order valence-electron chi connectivity index (χ2n) is 3.33. The maximum Gasteiger partial charge on any atom is 0.302 e. The molecule has 0 amide bonds. The van der Waals surface area contributed by atoms with Crippen LogP contribution in [0.5, 0.6) is 0 Å². The number of nitrogens with zero attached hydrogens (tertiary/aromatic N) is 1. The Balaban J connectivity index is 2.18. The van der Waals surface area contributed by atoms with E-state index in [-0.39, 0.29) is 12.1 Å². The number of ether oxygens (including phenoxy) is 2. The van der Waals surface area contributed by atoms with Crippen molar-refractivity contribution in [3.63, 3.8) is 0 Å². The summed E-state index contributed by atoms with van der Waals surface area (Å²) in [7, 11) is 0. The highest BCUT2D eigenvalue weighted by Gasteiger charge is 2.14. The summed E-state index contributed by atoms with van der Waals surface area (Å²) in [6.07, 6.45) is -0.0180. The number of carbonyl (C=O) groups is 1. The fraction of sp³-hybridized carbons (Fsp3) is 0.889. The van der Waals surface area contributed by atoms with Crippen molar-refractivity contribution in [1.82, 2.24) is 4.90 Å². The summed E-state index contributed by atoms with van der Waals surface area (Å²) in [4.78, 5) is 12.9. The summed E-state index contributed by atoms with van der Waals surface area (Å²) in [5, 5.41) is 0. The van der Waals surface area contributed by atoms with Crippen LogP contribution in [0.3, 0.4) is 0 Å². The minimum Gasteiger partial charge on any atom is -0.461 e. The molecule has 0 unspecified atom stereocenters. The van der Waals surface area contributed by atoms with E-state index in [9.17, 15) is 4.79 Å². The largest absolute Gasteiger partial charge is 0.461 e. The first-order valence-corrected chi connectivity index (χ1v) is 4.66. The highest BCUT2D eigenvalue weighted by atomic mass is 16.5. The van der Waals surface area contributed by atoms with Crippen LogP contribution < -0.4 is 0 Å². The second kappa shape index (κ2) is 5.19. The Kier molecular flexibility index (Phi) is 4.18. The number of esters is 1. The first-order chi connectivity index (χ1) is 6.18. The van der Waals surface area contributed by atoms with Crippen LogP contribution in [-0.2, 0) is 14.3 Å². The van der Waals surface area contributed by atoms with Gasteiger partial charge in [-0.05, 0) is 6.92 Å². The Morgan fingerprint density at radius 3 is 2.69 bits per heavy atom. The van der Waals surface area contributed by atoms with Crippen molar-refractivity contribution < 1.29 is 14.3 Å². The molecule has 1 aliphatic rings. The summed E-state index contributed by atoms with van der Waals surface area (Å²) in [5.74, 6) is -0.208. The molecule has 1 saturated heterocycles. The highest BCUT2D eigenvalue weighted by Crippen LogP contribution is 2.00. The van der Waals surface area contributed by atoms with Gasteiger partial charge in [-0.25, -0.2) is 0 Å². The van der Waals surface area contributed by atoms with E-state index in [4.69, 9.17) is 9.47 Å². The number of hydrogen-bond acceptors (Lipinski definition) is 4. The number of rotatable bonds is 3. The molecule has 0 aromatic heterocycles. The molecule has 1 fully saturated rings. The fourth-order valence-electron chi connectivity index (χ4n) is 1.47. The number of hydrogen-bond donors (Lipinski definition) is 0. The third kappa shape index (κ3) is 4.24. The third-order valence-electron chi connectivity index (χ3n) is 1.99. The molecule has 0 bridgehead atoms. The monoisotopic (exact) mass is 187 g/mol. The molecule has 0 N–H and O–H groups in total. The summed E-state index contributed by atoms with van der Waals surface area (Å²) < 4.78 is 10.2. The Morgan fingerprint density at radius 1 is 1.54 bits per heavy atom. The zero-order valence-corrected chi connectivity index (χ0v) is 8.28. The van der Waals surface area contributed by atoms with Gasteiger partial charge in [0.05, 0.1) is 13.2 Å². The summed E-state index contributed by atoms with van der Waals surface area (Å²) in [5.41, 5.74) is 0. The fourth-order valence-corrected chi connectivity index (χ4v) is 1.47. The van der Waals surface area contributed by atoms with Gasteiger partial charge in [0.2, 0.25) is 0 Å². The van der Waals surface area contributed by atoms with Crippen LogP contribution >= 0.6 is 0 Å². The molecule has 1 rings (SSSR count). The van der Waals surface area contributed by atoms with E-state index in [0.29, 0.717) is 0 Å². The highest BCUT2D eigenvalue weighted by molar-refractivity contribution is 5.66. The van der Waals surface area contributed by atoms with Gasteiger partial charge in [-0.2, -0.15) is 0 Å². The van der Waals surface area contributed by atoms with Crippen LogP contribution in [0.4, 0.5) is 0 Å². The molecular weight excluding hydrogens is 170 g/mol. The van der Waals surface area contributed by atoms with Crippen LogP contribution in [0.2, 0.25) is 0 Å². The lowest BCUT2D eigenvalue weighted by molar-refractivity contribution is -0.146. The van der Waals surface area contributed by atoms with Crippen LogP contribution in [0.15, 0.2) is 0 Å². The van der Waals surface area contributed by atoms with Crippen LogP contribution in [0.25, 0.3) is 0 Å². The molecule has 0 aliphatic carbocycles. The van der Waals surface area contributed by atoms with Gasteiger partial charge < -0.3 is 9.47 Å². The average molecular weight is 187 g/mol. The lowest BCUT2D eigenvalue weighted by atomic mass is 10.3. The van der Waals surface area contributed by atoms with Crippen LogP contribution in [0.1, 0.15) is 13.8 Å². The van der Waals surface area contributed by atoms with E-state index < -0.39 is 0 Å². The smallest absolute Gasteiger partial charge is 0.302 e. The third-order valence-corrected chi connectivity index (χ3v) is 1.99. The van der Waals surface area contributed by atoms with E-state index in [1.807, 2.05) is 6.92 Å². The Bertz CT molecular complexity index is 166. The van der Waals surface area contributed by atoms with Crippen molar-refractivity contribution in [2.24, 2.45) is 0 Å². The van der Waals surface area contributed by atoms with E-state index in [1.54, 1.807) is 0 Å².